The number of amides is 1. The molecule has 3 fully saturated rings. The minimum atomic E-state index is -1.34. The summed E-state index contributed by atoms with van der Waals surface area (Å²) in [5, 5.41) is 23.8. The summed E-state index contributed by atoms with van der Waals surface area (Å²) in [5.41, 5.74) is 0.882. The number of nitriles is 1. The molecule has 1 amide bonds. The van der Waals surface area contributed by atoms with E-state index in [1.54, 1.807) is 12.3 Å². The lowest BCUT2D eigenvalue weighted by Crippen LogP contribution is -2.21. The van der Waals surface area contributed by atoms with Crippen molar-refractivity contribution >= 4 is 22.5 Å². The van der Waals surface area contributed by atoms with Crippen LogP contribution in [0, 0.1) is 22.7 Å². The van der Waals surface area contributed by atoms with Crippen molar-refractivity contribution in [2.75, 3.05) is 5.32 Å². The summed E-state index contributed by atoms with van der Waals surface area (Å²) >= 11 is 0. The molecule has 1 aromatic heterocycles. The molecule has 6 heteroatoms. The molecule has 5 nitrogen and oxygen atoms in total. The quantitative estimate of drug-likeness (QED) is 0.874. The van der Waals surface area contributed by atoms with Gasteiger partial charge in [-0.1, -0.05) is 12.1 Å². The van der Waals surface area contributed by atoms with Crippen LogP contribution in [0.3, 0.4) is 0 Å². The fourth-order valence-electron chi connectivity index (χ4n) is 4.73. The molecule has 2 aromatic rings. The highest BCUT2D eigenvalue weighted by Gasteiger charge is 2.75. The predicted octanol–water partition coefficient (Wildman–Crippen LogP) is 3.23. The number of hydrogen-bond donors (Lipinski definition) is 2. The number of alkyl halides is 1. The third-order valence-corrected chi connectivity index (χ3v) is 6.72. The molecule has 0 bridgehead atoms. The number of rotatable bonds is 3. The second-order valence-corrected chi connectivity index (χ2v) is 8.35. The van der Waals surface area contributed by atoms with Gasteiger partial charge >= 0.3 is 0 Å². The lowest BCUT2D eigenvalue weighted by Gasteiger charge is -2.12. The van der Waals surface area contributed by atoms with Crippen LogP contribution in [0.4, 0.5) is 10.2 Å². The zero-order chi connectivity index (χ0) is 18.8. The van der Waals surface area contributed by atoms with Crippen LogP contribution in [0.5, 0.6) is 0 Å². The third kappa shape index (κ3) is 2.45. The highest BCUT2D eigenvalue weighted by molar-refractivity contribution is 5.94. The van der Waals surface area contributed by atoms with Gasteiger partial charge in [-0.3, -0.25) is 4.79 Å². The van der Waals surface area contributed by atoms with Crippen LogP contribution in [0.25, 0.3) is 10.8 Å². The molecular formula is C21H20FN3O2. The molecule has 1 spiro atoms. The molecule has 0 radical (unpaired) electrons. The summed E-state index contributed by atoms with van der Waals surface area (Å²) in [6, 6.07) is 10.3. The molecule has 27 heavy (non-hydrogen) atoms. The Labute approximate surface area is 156 Å². The lowest BCUT2D eigenvalue weighted by molar-refractivity contribution is -0.120. The number of nitrogens with one attached hydrogen (secondary N) is 1. The lowest BCUT2D eigenvalue weighted by atomic mass is 9.92. The molecule has 4 atom stereocenters. The van der Waals surface area contributed by atoms with Gasteiger partial charge in [-0.15, -0.1) is 0 Å². The van der Waals surface area contributed by atoms with E-state index in [2.05, 4.69) is 16.4 Å². The number of halogens is 1. The Morgan fingerprint density at radius 3 is 2.74 bits per heavy atom. The van der Waals surface area contributed by atoms with Crippen LogP contribution in [0.2, 0.25) is 0 Å². The first-order valence-electron chi connectivity index (χ1n) is 9.41. The molecule has 0 unspecified atom stereocenters. The van der Waals surface area contributed by atoms with Crippen molar-refractivity contribution < 1.29 is 14.3 Å². The minimum absolute atomic E-state index is 0.0392. The third-order valence-electron chi connectivity index (χ3n) is 6.72. The Balaban J connectivity index is 1.40. The van der Waals surface area contributed by atoms with Gasteiger partial charge < -0.3 is 10.4 Å². The summed E-state index contributed by atoms with van der Waals surface area (Å²) in [6.07, 6.45) is 2.64. The number of fused-ring (bicyclic) bond motifs is 1. The zero-order valence-electron chi connectivity index (χ0n) is 14.8. The van der Waals surface area contributed by atoms with Gasteiger partial charge in [-0.05, 0) is 60.6 Å². The highest BCUT2D eigenvalue weighted by atomic mass is 19.1. The molecule has 138 valence electrons. The summed E-state index contributed by atoms with van der Waals surface area (Å²) < 4.78 is 13.5. The Kier molecular flexibility index (Phi) is 3.38. The molecule has 0 aliphatic heterocycles. The second-order valence-electron chi connectivity index (χ2n) is 8.35. The highest BCUT2D eigenvalue weighted by Crippen LogP contribution is 2.78. The second kappa shape index (κ2) is 5.49. The number of benzene rings is 1. The van der Waals surface area contributed by atoms with E-state index in [1.807, 2.05) is 18.2 Å². The summed E-state index contributed by atoms with van der Waals surface area (Å²) in [4.78, 5) is 16.6. The number of hydrogen-bond acceptors (Lipinski definition) is 4. The molecule has 5 rings (SSSR count). The maximum atomic E-state index is 13.5. The van der Waals surface area contributed by atoms with Crippen molar-refractivity contribution in [3.63, 3.8) is 0 Å². The average molecular weight is 365 g/mol. The average Bonchev–Trinajstić information content (AvgIpc) is 3.55. The van der Waals surface area contributed by atoms with Crippen molar-refractivity contribution in [1.29, 1.82) is 5.26 Å². The van der Waals surface area contributed by atoms with Gasteiger partial charge in [0.05, 0.1) is 17.6 Å². The van der Waals surface area contributed by atoms with Crippen LogP contribution in [-0.4, -0.2) is 28.3 Å². The standard InChI is InChI=1S/C21H20FN3O2/c22-16-6-14(7-17(16)26)19(27)25-18-8-13-5-15(2-1-12(13)9-24-18)21(11-23)10-20(21)3-4-20/h1-2,5,8-9,14,16-17,26H,3-4,6-7,10H2,(H,24,25,27)/t14-,16+,17+,21-/m0/s1. The fraction of sp³-hybridized carbons (Fsp3) is 0.476. The van der Waals surface area contributed by atoms with Crippen molar-refractivity contribution in [1.82, 2.24) is 4.98 Å². The molecule has 3 aliphatic carbocycles. The van der Waals surface area contributed by atoms with Gasteiger partial charge in [-0.2, -0.15) is 5.26 Å². The van der Waals surface area contributed by atoms with E-state index in [-0.39, 0.29) is 29.6 Å². The van der Waals surface area contributed by atoms with E-state index >= 15 is 0 Å². The van der Waals surface area contributed by atoms with E-state index in [0.717, 1.165) is 35.6 Å². The number of pyridine rings is 1. The van der Waals surface area contributed by atoms with Crippen LogP contribution in [0.15, 0.2) is 30.5 Å². The number of anilines is 1. The summed E-state index contributed by atoms with van der Waals surface area (Å²) in [7, 11) is 0. The maximum Gasteiger partial charge on any atom is 0.228 e. The van der Waals surface area contributed by atoms with Crippen molar-refractivity contribution in [2.24, 2.45) is 11.3 Å². The molecule has 3 saturated carbocycles. The van der Waals surface area contributed by atoms with Crippen LogP contribution in [0.1, 0.15) is 37.7 Å². The van der Waals surface area contributed by atoms with E-state index in [1.165, 1.54) is 0 Å². The van der Waals surface area contributed by atoms with Gasteiger partial charge in [-0.25, -0.2) is 9.37 Å². The maximum absolute atomic E-state index is 13.5. The first-order chi connectivity index (χ1) is 13.0. The monoisotopic (exact) mass is 365 g/mol. The Hall–Kier alpha value is -2.52. The SMILES string of the molecule is N#C[C@]1(c2ccc3cnc(NC(=O)[C@@H]4C[C@@H](O)[C@H](F)C4)cc3c2)CC12CC2. The van der Waals surface area contributed by atoms with E-state index < -0.39 is 18.2 Å². The molecule has 1 aromatic carbocycles. The van der Waals surface area contributed by atoms with E-state index in [9.17, 15) is 19.6 Å². The normalized spacial score (nSPS) is 33.0. The number of aliphatic hydroxyl groups is 1. The van der Waals surface area contributed by atoms with Crippen LogP contribution in [-0.2, 0) is 10.2 Å². The Morgan fingerprint density at radius 2 is 2.11 bits per heavy atom. The van der Waals surface area contributed by atoms with Crippen molar-refractivity contribution in [3.8, 4) is 6.07 Å². The smallest absolute Gasteiger partial charge is 0.228 e. The van der Waals surface area contributed by atoms with Gasteiger partial charge in [0, 0.05) is 17.5 Å². The zero-order valence-corrected chi connectivity index (χ0v) is 14.8. The van der Waals surface area contributed by atoms with Crippen LogP contribution >= 0.6 is 0 Å². The fourth-order valence-corrected chi connectivity index (χ4v) is 4.73. The number of aromatic nitrogens is 1. The number of nitrogens with zero attached hydrogens (tertiary/aromatic N) is 2. The summed E-state index contributed by atoms with van der Waals surface area (Å²) in [6.45, 7) is 0. The molecule has 0 saturated heterocycles. The van der Waals surface area contributed by atoms with E-state index in [4.69, 9.17) is 0 Å². The number of carbonyl (C=O) groups is 1. The van der Waals surface area contributed by atoms with Gasteiger partial charge in [0.2, 0.25) is 5.91 Å². The Bertz CT molecular complexity index is 987. The largest absolute Gasteiger partial charge is 0.390 e. The van der Waals surface area contributed by atoms with Gasteiger partial charge in [0.1, 0.15) is 12.0 Å². The van der Waals surface area contributed by atoms with Crippen molar-refractivity contribution in [3.05, 3.63) is 36.0 Å². The minimum Gasteiger partial charge on any atom is -0.390 e. The number of carbonyl (C=O) groups excluding carboxylic acids is 1. The predicted molar refractivity (Wildman–Crippen MR) is 97.6 cm³/mol. The Morgan fingerprint density at radius 1 is 1.30 bits per heavy atom. The van der Waals surface area contributed by atoms with Gasteiger partial charge in [0.25, 0.3) is 0 Å². The molecular weight excluding hydrogens is 345 g/mol. The van der Waals surface area contributed by atoms with Gasteiger partial charge in [0.15, 0.2) is 0 Å². The first kappa shape index (κ1) is 16.6. The molecule has 2 N–H and O–H groups in total. The summed E-state index contributed by atoms with van der Waals surface area (Å²) in [5.74, 6) is -0.448. The van der Waals surface area contributed by atoms with E-state index in [0.29, 0.717) is 5.82 Å². The number of aliphatic hydroxyl groups excluding tert-OH is 1. The first-order valence-corrected chi connectivity index (χ1v) is 9.41. The topological polar surface area (TPSA) is 86.0 Å². The van der Waals surface area contributed by atoms with Crippen LogP contribution < -0.4 is 5.32 Å². The van der Waals surface area contributed by atoms with Crippen molar-refractivity contribution in [2.45, 2.75) is 49.8 Å². The molecule has 1 heterocycles. The molecule has 3 aliphatic rings.